The van der Waals surface area contributed by atoms with Gasteiger partial charge in [-0.1, -0.05) is 30.3 Å². The van der Waals surface area contributed by atoms with Crippen molar-refractivity contribution >= 4 is 51.7 Å². The van der Waals surface area contributed by atoms with Crippen molar-refractivity contribution in [1.29, 1.82) is 0 Å². The van der Waals surface area contributed by atoms with Crippen LogP contribution in [0, 0.1) is 0 Å². The second-order valence-corrected chi connectivity index (χ2v) is 9.84. The molecule has 0 spiro atoms. The normalized spacial score (nSPS) is 16.7. The van der Waals surface area contributed by atoms with Crippen LogP contribution in [0.15, 0.2) is 35.3 Å². The minimum atomic E-state index is -3.20. The van der Waals surface area contributed by atoms with Gasteiger partial charge in [0.15, 0.2) is 5.96 Å². The van der Waals surface area contributed by atoms with Crippen LogP contribution in [0.3, 0.4) is 0 Å². The summed E-state index contributed by atoms with van der Waals surface area (Å²) in [5.74, 6) is 2.44. The lowest BCUT2D eigenvalue weighted by atomic mass is 10.1. The third-order valence-electron chi connectivity index (χ3n) is 4.49. The second kappa shape index (κ2) is 14.4. The number of benzene rings is 1. The molecule has 29 heavy (non-hydrogen) atoms. The van der Waals surface area contributed by atoms with Crippen LogP contribution in [-0.2, 0) is 14.8 Å². The first-order chi connectivity index (χ1) is 13.5. The molecule has 1 saturated heterocycles. The zero-order valence-corrected chi connectivity index (χ0v) is 21.1. The molecule has 10 heteroatoms. The summed E-state index contributed by atoms with van der Waals surface area (Å²) in [5, 5.41) is 6.27. The first-order valence-corrected chi connectivity index (χ1v) is 12.5. The number of aliphatic imine (C=N–C) groups is 1. The Kier molecular flexibility index (Phi) is 13.2. The van der Waals surface area contributed by atoms with Gasteiger partial charge in [-0.2, -0.15) is 11.8 Å². The molecule has 2 N–H and O–H groups in total. The fraction of sp³-hybridized carbons (Fsp3) is 0.632. The van der Waals surface area contributed by atoms with Gasteiger partial charge in [0.05, 0.1) is 11.9 Å². The topological polar surface area (TPSA) is 83.0 Å². The van der Waals surface area contributed by atoms with Gasteiger partial charge in [-0.3, -0.25) is 4.99 Å². The van der Waals surface area contributed by atoms with Crippen molar-refractivity contribution < 1.29 is 13.2 Å². The Morgan fingerprint density at radius 1 is 1.21 bits per heavy atom. The largest absolute Gasteiger partial charge is 0.374 e. The van der Waals surface area contributed by atoms with Crippen molar-refractivity contribution in [3.05, 3.63) is 35.9 Å². The Labute approximate surface area is 196 Å². The van der Waals surface area contributed by atoms with Crippen LogP contribution in [0.4, 0.5) is 0 Å². The van der Waals surface area contributed by atoms with Gasteiger partial charge < -0.3 is 15.4 Å². The lowest BCUT2D eigenvalue weighted by Crippen LogP contribution is -2.44. The van der Waals surface area contributed by atoms with Crippen LogP contribution in [0.25, 0.3) is 0 Å². The molecule has 1 aromatic rings. The van der Waals surface area contributed by atoms with Crippen molar-refractivity contribution in [3.8, 4) is 0 Å². The van der Waals surface area contributed by atoms with Crippen LogP contribution in [0.5, 0.6) is 0 Å². The van der Waals surface area contributed by atoms with Crippen molar-refractivity contribution in [1.82, 2.24) is 14.9 Å². The zero-order valence-electron chi connectivity index (χ0n) is 17.2. The Hall–Kier alpha value is -0.560. The van der Waals surface area contributed by atoms with Gasteiger partial charge in [0.25, 0.3) is 0 Å². The summed E-state index contributed by atoms with van der Waals surface area (Å²) in [4.78, 5) is 4.14. The monoisotopic (exact) mass is 556 g/mol. The fourth-order valence-corrected chi connectivity index (χ4v) is 5.32. The maximum atomic E-state index is 12.3. The third kappa shape index (κ3) is 9.86. The molecule has 1 fully saturated rings. The molecule has 1 heterocycles. The SMILES string of the molecule is CN=C(NCCCOC(C)c1ccccc1)NCCS(=O)(=O)N1CCSCC1.I. The molecular formula is C19H33IN4O3S2. The van der Waals surface area contributed by atoms with E-state index in [2.05, 4.69) is 27.8 Å². The predicted molar refractivity (Wildman–Crippen MR) is 133 cm³/mol. The Morgan fingerprint density at radius 3 is 2.52 bits per heavy atom. The first-order valence-electron chi connectivity index (χ1n) is 9.69. The highest BCUT2D eigenvalue weighted by Gasteiger charge is 2.23. The number of halogens is 1. The molecule has 1 atom stereocenters. The summed E-state index contributed by atoms with van der Waals surface area (Å²) in [6, 6.07) is 10.1. The highest BCUT2D eigenvalue weighted by molar-refractivity contribution is 14.0. The Balaban J connectivity index is 0.00000420. The fourth-order valence-electron chi connectivity index (χ4n) is 2.83. The van der Waals surface area contributed by atoms with Gasteiger partial charge in [0, 0.05) is 51.3 Å². The number of hydrogen-bond acceptors (Lipinski definition) is 5. The van der Waals surface area contributed by atoms with Crippen LogP contribution >= 0.6 is 35.7 Å². The van der Waals surface area contributed by atoms with E-state index in [1.165, 1.54) is 5.56 Å². The van der Waals surface area contributed by atoms with Gasteiger partial charge >= 0.3 is 0 Å². The molecule has 1 aliphatic heterocycles. The van der Waals surface area contributed by atoms with Gasteiger partial charge in [0.2, 0.25) is 10.0 Å². The number of nitrogens with zero attached hydrogens (tertiary/aromatic N) is 2. The van der Waals surface area contributed by atoms with Gasteiger partial charge in [-0.05, 0) is 18.9 Å². The number of guanidine groups is 1. The molecule has 1 aromatic carbocycles. The Morgan fingerprint density at radius 2 is 1.86 bits per heavy atom. The van der Waals surface area contributed by atoms with Crippen LogP contribution < -0.4 is 10.6 Å². The standard InChI is InChI=1S/C19H32N4O3S2.HI/c1-17(18-7-4-3-5-8-18)26-13-6-9-21-19(20-2)22-10-16-28(24,25)23-11-14-27-15-12-23;/h3-5,7-8,17H,6,9-16H2,1-2H3,(H2,20,21,22);1H. The van der Waals surface area contributed by atoms with E-state index in [1.54, 1.807) is 23.1 Å². The molecular weight excluding hydrogens is 523 g/mol. The third-order valence-corrected chi connectivity index (χ3v) is 7.30. The molecule has 1 unspecified atom stereocenters. The second-order valence-electron chi connectivity index (χ2n) is 6.53. The molecule has 0 radical (unpaired) electrons. The maximum absolute atomic E-state index is 12.3. The predicted octanol–water partition coefficient (Wildman–Crippen LogP) is 2.32. The lowest BCUT2D eigenvalue weighted by Gasteiger charge is -2.25. The number of hydrogen-bond donors (Lipinski definition) is 2. The van der Waals surface area contributed by atoms with E-state index < -0.39 is 10.0 Å². The first kappa shape index (κ1) is 26.5. The van der Waals surface area contributed by atoms with E-state index >= 15 is 0 Å². The van der Waals surface area contributed by atoms with Crippen molar-refractivity contribution in [3.63, 3.8) is 0 Å². The number of rotatable bonds is 10. The van der Waals surface area contributed by atoms with Crippen molar-refractivity contribution in [2.24, 2.45) is 4.99 Å². The highest BCUT2D eigenvalue weighted by atomic mass is 127. The molecule has 2 rings (SSSR count). The number of sulfonamides is 1. The Bertz CT molecular complexity index is 699. The highest BCUT2D eigenvalue weighted by Crippen LogP contribution is 2.15. The van der Waals surface area contributed by atoms with E-state index in [9.17, 15) is 8.42 Å². The van der Waals surface area contributed by atoms with E-state index in [4.69, 9.17) is 4.74 Å². The number of ether oxygens (including phenoxy) is 1. The van der Waals surface area contributed by atoms with E-state index in [-0.39, 0.29) is 35.8 Å². The smallest absolute Gasteiger partial charge is 0.215 e. The van der Waals surface area contributed by atoms with E-state index in [1.807, 2.05) is 25.1 Å². The molecule has 0 amide bonds. The number of nitrogens with one attached hydrogen (secondary N) is 2. The van der Waals surface area contributed by atoms with Crippen molar-refractivity contribution in [2.45, 2.75) is 19.4 Å². The molecule has 166 valence electrons. The minimum absolute atomic E-state index is 0. The molecule has 0 aliphatic carbocycles. The summed E-state index contributed by atoms with van der Waals surface area (Å²) in [7, 11) is -1.52. The van der Waals surface area contributed by atoms with Crippen LogP contribution in [0.2, 0.25) is 0 Å². The zero-order chi connectivity index (χ0) is 20.2. The van der Waals surface area contributed by atoms with Crippen LogP contribution in [0.1, 0.15) is 25.0 Å². The van der Waals surface area contributed by atoms with Gasteiger partial charge in [-0.25, -0.2) is 12.7 Å². The summed E-state index contributed by atoms with van der Waals surface area (Å²) < 4.78 is 32.1. The summed E-state index contributed by atoms with van der Waals surface area (Å²) in [6.45, 7) is 4.96. The van der Waals surface area contributed by atoms with Gasteiger partial charge in [-0.15, -0.1) is 24.0 Å². The molecule has 1 aliphatic rings. The molecule has 0 aromatic heterocycles. The lowest BCUT2D eigenvalue weighted by molar-refractivity contribution is 0.0646. The van der Waals surface area contributed by atoms with E-state index in [0.29, 0.717) is 38.7 Å². The molecule has 0 saturated carbocycles. The average molecular weight is 557 g/mol. The van der Waals surface area contributed by atoms with Crippen LogP contribution in [-0.4, -0.2) is 75.8 Å². The summed E-state index contributed by atoms with van der Waals surface area (Å²) >= 11 is 1.80. The summed E-state index contributed by atoms with van der Waals surface area (Å²) in [6.07, 6.45) is 0.902. The molecule has 0 bridgehead atoms. The average Bonchev–Trinajstić information content (AvgIpc) is 2.73. The minimum Gasteiger partial charge on any atom is -0.374 e. The quantitative estimate of drug-likeness (QED) is 0.199. The number of thioether (sulfide) groups is 1. The molecule has 7 nitrogen and oxygen atoms in total. The summed E-state index contributed by atoms with van der Waals surface area (Å²) in [5.41, 5.74) is 1.17. The maximum Gasteiger partial charge on any atom is 0.215 e. The van der Waals surface area contributed by atoms with Crippen molar-refractivity contribution in [2.75, 3.05) is 57.1 Å². The van der Waals surface area contributed by atoms with E-state index in [0.717, 1.165) is 17.9 Å². The van der Waals surface area contributed by atoms with Gasteiger partial charge in [0.1, 0.15) is 0 Å².